The molecule has 1 aromatic heterocycles. The van der Waals surface area contributed by atoms with Gasteiger partial charge in [0.2, 0.25) is 0 Å². The quantitative estimate of drug-likeness (QED) is 0.809. The average Bonchev–Trinajstić information content (AvgIpc) is 2.17. The number of hydrogen-bond acceptors (Lipinski definition) is 2. The van der Waals surface area contributed by atoms with Crippen LogP contribution in [0.2, 0.25) is 0 Å². The van der Waals surface area contributed by atoms with E-state index in [1.165, 1.54) is 5.56 Å². The molecule has 1 heterocycles. The van der Waals surface area contributed by atoms with Gasteiger partial charge in [0.25, 0.3) is 0 Å². The van der Waals surface area contributed by atoms with E-state index in [9.17, 15) is 5.11 Å². The van der Waals surface area contributed by atoms with Crippen LogP contribution in [0, 0.1) is 5.92 Å². The highest BCUT2D eigenvalue weighted by Crippen LogP contribution is 2.19. The fourth-order valence-electron chi connectivity index (χ4n) is 1.74. The maximum Gasteiger partial charge on any atom is 0.117 e. The van der Waals surface area contributed by atoms with Crippen LogP contribution in [0.4, 0.5) is 0 Å². The van der Waals surface area contributed by atoms with Crippen molar-refractivity contribution in [1.29, 1.82) is 0 Å². The SMILES string of the molecule is CC(C)Cc1cnc2cc(O)ccc2c1. The molecule has 2 heteroatoms. The van der Waals surface area contributed by atoms with Crippen molar-refractivity contribution in [1.82, 2.24) is 4.98 Å². The van der Waals surface area contributed by atoms with E-state index in [0.29, 0.717) is 5.92 Å². The number of pyridine rings is 1. The van der Waals surface area contributed by atoms with Gasteiger partial charge in [-0.2, -0.15) is 0 Å². The first kappa shape index (κ1) is 9.97. The van der Waals surface area contributed by atoms with E-state index in [2.05, 4.69) is 24.9 Å². The average molecular weight is 201 g/mol. The van der Waals surface area contributed by atoms with Crippen molar-refractivity contribution in [2.45, 2.75) is 20.3 Å². The molecule has 1 N–H and O–H groups in total. The molecule has 0 fully saturated rings. The molecule has 0 spiro atoms. The van der Waals surface area contributed by atoms with Crippen LogP contribution in [0.15, 0.2) is 30.5 Å². The maximum absolute atomic E-state index is 9.30. The highest BCUT2D eigenvalue weighted by atomic mass is 16.3. The lowest BCUT2D eigenvalue weighted by atomic mass is 10.0. The van der Waals surface area contributed by atoms with Gasteiger partial charge >= 0.3 is 0 Å². The zero-order valence-electron chi connectivity index (χ0n) is 9.07. The summed E-state index contributed by atoms with van der Waals surface area (Å²) in [7, 11) is 0. The van der Waals surface area contributed by atoms with Gasteiger partial charge in [-0.25, -0.2) is 0 Å². The smallest absolute Gasteiger partial charge is 0.117 e. The number of fused-ring (bicyclic) bond motifs is 1. The van der Waals surface area contributed by atoms with Gasteiger partial charge in [-0.3, -0.25) is 4.98 Å². The van der Waals surface area contributed by atoms with Crippen molar-refractivity contribution < 1.29 is 5.11 Å². The van der Waals surface area contributed by atoms with Crippen molar-refractivity contribution >= 4 is 10.9 Å². The first-order chi connectivity index (χ1) is 7.15. The number of nitrogens with zero attached hydrogens (tertiary/aromatic N) is 1. The third-order valence-electron chi connectivity index (χ3n) is 2.37. The van der Waals surface area contributed by atoms with Gasteiger partial charge in [0.15, 0.2) is 0 Å². The largest absolute Gasteiger partial charge is 0.508 e. The summed E-state index contributed by atoms with van der Waals surface area (Å²) in [5, 5.41) is 10.4. The Morgan fingerprint density at radius 2 is 2.07 bits per heavy atom. The summed E-state index contributed by atoms with van der Waals surface area (Å²) in [6.07, 6.45) is 2.94. The zero-order chi connectivity index (χ0) is 10.8. The number of rotatable bonds is 2. The van der Waals surface area contributed by atoms with Crippen molar-refractivity contribution in [3.63, 3.8) is 0 Å². The van der Waals surface area contributed by atoms with Crippen LogP contribution in [0.25, 0.3) is 10.9 Å². The minimum absolute atomic E-state index is 0.270. The predicted molar refractivity (Wildman–Crippen MR) is 61.9 cm³/mol. The molecule has 0 radical (unpaired) electrons. The molecular formula is C13H15NO. The number of phenolic OH excluding ortho intramolecular Hbond substituents is 1. The van der Waals surface area contributed by atoms with Gasteiger partial charge < -0.3 is 5.11 Å². The second kappa shape index (κ2) is 3.89. The molecule has 0 saturated heterocycles. The van der Waals surface area contributed by atoms with Crippen molar-refractivity contribution in [3.05, 3.63) is 36.0 Å². The summed E-state index contributed by atoms with van der Waals surface area (Å²) in [4.78, 5) is 4.34. The van der Waals surface area contributed by atoms with Crippen LogP contribution in [0.5, 0.6) is 5.75 Å². The molecule has 15 heavy (non-hydrogen) atoms. The Hall–Kier alpha value is -1.57. The number of phenols is 1. The third kappa shape index (κ3) is 2.27. The van der Waals surface area contributed by atoms with Gasteiger partial charge in [0, 0.05) is 17.6 Å². The minimum Gasteiger partial charge on any atom is -0.508 e. The standard InChI is InChI=1S/C13H15NO/c1-9(2)5-10-6-11-3-4-12(15)7-13(11)14-8-10/h3-4,6-9,15H,5H2,1-2H3. The third-order valence-corrected chi connectivity index (χ3v) is 2.37. The highest BCUT2D eigenvalue weighted by Gasteiger charge is 2.01. The summed E-state index contributed by atoms with van der Waals surface area (Å²) < 4.78 is 0. The van der Waals surface area contributed by atoms with E-state index in [1.54, 1.807) is 12.1 Å². The molecule has 0 aliphatic carbocycles. The van der Waals surface area contributed by atoms with Gasteiger partial charge in [-0.15, -0.1) is 0 Å². The summed E-state index contributed by atoms with van der Waals surface area (Å²) >= 11 is 0. The van der Waals surface area contributed by atoms with Crippen molar-refractivity contribution in [2.24, 2.45) is 5.92 Å². The summed E-state index contributed by atoms with van der Waals surface area (Å²) in [5.74, 6) is 0.910. The Morgan fingerprint density at radius 1 is 1.27 bits per heavy atom. The Bertz CT molecular complexity index is 477. The molecule has 0 amide bonds. The molecule has 0 saturated carbocycles. The zero-order valence-corrected chi connectivity index (χ0v) is 9.07. The Balaban J connectivity index is 2.43. The van der Waals surface area contributed by atoms with E-state index in [0.717, 1.165) is 17.3 Å². The van der Waals surface area contributed by atoms with Crippen LogP contribution in [0.1, 0.15) is 19.4 Å². The van der Waals surface area contributed by atoms with Gasteiger partial charge in [0.1, 0.15) is 5.75 Å². The number of hydrogen-bond donors (Lipinski definition) is 1. The molecule has 2 rings (SSSR count). The Labute approximate surface area is 89.6 Å². The monoisotopic (exact) mass is 201 g/mol. The number of aromatic nitrogens is 1. The first-order valence-corrected chi connectivity index (χ1v) is 5.23. The second-order valence-electron chi connectivity index (χ2n) is 4.32. The second-order valence-corrected chi connectivity index (χ2v) is 4.32. The fraction of sp³-hybridized carbons (Fsp3) is 0.308. The Morgan fingerprint density at radius 3 is 2.80 bits per heavy atom. The minimum atomic E-state index is 0.270. The van der Waals surface area contributed by atoms with Crippen LogP contribution in [0.3, 0.4) is 0 Å². The molecule has 2 aromatic rings. The van der Waals surface area contributed by atoms with Crippen LogP contribution in [-0.2, 0) is 6.42 Å². The maximum atomic E-state index is 9.30. The summed E-state index contributed by atoms with van der Waals surface area (Å²) in [6, 6.07) is 7.43. The molecule has 0 bridgehead atoms. The molecule has 0 unspecified atom stereocenters. The normalized spacial score (nSPS) is 11.1. The van der Waals surface area contributed by atoms with Gasteiger partial charge in [-0.1, -0.05) is 13.8 Å². The fourth-order valence-corrected chi connectivity index (χ4v) is 1.74. The van der Waals surface area contributed by atoms with Crippen LogP contribution < -0.4 is 0 Å². The molecular weight excluding hydrogens is 186 g/mol. The first-order valence-electron chi connectivity index (χ1n) is 5.23. The topological polar surface area (TPSA) is 33.1 Å². The highest BCUT2D eigenvalue weighted by molar-refractivity contribution is 5.80. The summed E-state index contributed by atoms with van der Waals surface area (Å²) in [6.45, 7) is 4.39. The molecule has 2 nitrogen and oxygen atoms in total. The number of aromatic hydroxyl groups is 1. The van der Waals surface area contributed by atoms with Crippen molar-refractivity contribution in [2.75, 3.05) is 0 Å². The van der Waals surface area contributed by atoms with Crippen LogP contribution >= 0.6 is 0 Å². The molecule has 1 aromatic carbocycles. The van der Waals surface area contributed by atoms with Crippen molar-refractivity contribution in [3.8, 4) is 5.75 Å². The van der Waals surface area contributed by atoms with Crippen LogP contribution in [-0.4, -0.2) is 10.1 Å². The molecule has 0 aliphatic rings. The van der Waals surface area contributed by atoms with Gasteiger partial charge in [-0.05, 0) is 36.1 Å². The Kier molecular flexibility index (Phi) is 2.58. The summed E-state index contributed by atoms with van der Waals surface area (Å²) in [5.41, 5.74) is 2.10. The molecule has 0 aliphatic heterocycles. The predicted octanol–water partition coefficient (Wildman–Crippen LogP) is 3.14. The van der Waals surface area contributed by atoms with E-state index >= 15 is 0 Å². The lowest BCUT2D eigenvalue weighted by molar-refractivity contribution is 0.476. The molecule has 0 atom stereocenters. The number of benzene rings is 1. The van der Waals surface area contributed by atoms with Gasteiger partial charge in [0.05, 0.1) is 5.52 Å². The lowest BCUT2D eigenvalue weighted by Crippen LogP contribution is -1.94. The van der Waals surface area contributed by atoms with E-state index in [1.807, 2.05) is 12.3 Å². The molecule has 78 valence electrons. The van der Waals surface area contributed by atoms with E-state index < -0.39 is 0 Å². The van der Waals surface area contributed by atoms with E-state index in [4.69, 9.17) is 0 Å². The lowest BCUT2D eigenvalue weighted by Gasteiger charge is -2.05. The van der Waals surface area contributed by atoms with E-state index in [-0.39, 0.29) is 5.75 Å².